The van der Waals surface area contributed by atoms with Gasteiger partial charge in [-0.2, -0.15) is 0 Å². The smallest absolute Gasteiger partial charge is 0.312 e. The molecule has 0 aromatic rings. The normalized spacial score (nSPS) is 37.9. The van der Waals surface area contributed by atoms with E-state index in [1.54, 1.807) is 0 Å². The monoisotopic (exact) mass is 254 g/mol. The summed E-state index contributed by atoms with van der Waals surface area (Å²) in [5.74, 6) is 0.365. The third-order valence-corrected chi connectivity index (χ3v) is 4.86. The summed E-state index contributed by atoms with van der Waals surface area (Å²) in [6, 6.07) is 0. The molecule has 2 saturated heterocycles. The van der Waals surface area contributed by atoms with Gasteiger partial charge in [0.2, 0.25) is 0 Å². The van der Waals surface area contributed by atoms with Crippen LogP contribution in [0, 0.1) is 17.3 Å². The van der Waals surface area contributed by atoms with Crippen molar-refractivity contribution in [2.24, 2.45) is 17.3 Å². The average Bonchev–Trinajstić information content (AvgIpc) is 3.12. The number of hydrogen-bond acceptors (Lipinski definition) is 3. The Morgan fingerprint density at radius 3 is 2.50 bits per heavy atom. The van der Waals surface area contributed by atoms with Crippen LogP contribution in [0.4, 0.5) is 0 Å². The van der Waals surface area contributed by atoms with Gasteiger partial charge >= 0.3 is 5.97 Å². The minimum absolute atomic E-state index is 0.0298. The van der Waals surface area contributed by atoms with Gasteiger partial charge in [0.25, 0.3) is 0 Å². The minimum atomic E-state index is -0.636. The Bertz CT molecular complexity index is 320. The SMILES string of the molecule is O=C(O)C1(CC2CCOCC2)CCOC1C1CC1. The molecule has 2 unspecified atom stereocenters. The highest BCUT2D eigenvalue weighted by molar-refractivity contribution is 5.76. The summed E-state index contributed by atoms with van der Waals surface area (Å²) in [4.78, 5) is 11.8. The molecule has 0 aromatic carbocycles. The number of rotatable bonds is 4. The lowest BCUT2D eigenvalue weighted by Gasteiger charge is -2.34. The molecule has 3 aliphatic rings. The topological polar surface area (TPSA) is 55.8 Å². The van der Waals surface area contributed by atoms with E-state index in [-0.39, 0.29) is 6.10 Å². The molecule has 4 nitrogen and oxygen atoms in total. The Hall–Kier alpha value is -0.610. The van der Waals surface area contributed by atoms with E-state index in [9.17, 15) is 9.90 Å². The van der Waals surface area contributed by atoms with Gasteiger partial charge < -0.3 is 14.6 Å². The van der Waals surface area contributed by atoms with E-state index >= 15 is 0 Å². The fourth-order valence-electron chi connectivity index (χ4n) is 3.66. The van der Waals surface area contributed by atoms with Crippen molar-refractivity contribution in [3.8, 4) is 0 Å². The Labute approximate surface area is 108 Å². The van der Waals surface area contributed by atoms with Crippen molar-refractivity contribution in [1.29, 1.82) is 0 Å². The highest BCUT2D eigenvalue weighted by atomic mass is 16.5. The van der Waals surface area contributed by atoms with Gasteiger partial charge in [-0.05, 0) is 50.4 Å². The first kappa shape index (κ1) is 12.4. The van der Waals surface area contributed by atoms with Crippen molar-refractivity contribution in [3.05, 3.63) is 0 Å². The fourth-order valence-corrected chi connectivity index (χ4v) is 3.66. The lowest BCUT2D eigenvalue weighted by atomic mass is 9.71. The molecule has 2 aliphatic heterocycles. The molecule has 0 aromatic heterocycles. The van der Waals surface area contributed by atoms with Crippen LogP contribution in [0.1, 0.15) is 38.5 Å². The molecule has 1 aliphatic carbocycles. The molecule has 0 radical (unpaired) electrons. The number of carboxylic acid groups (broad SMARTS) is 1. The van der Waals surface area contributed by atoms with Crippen molar-refractivity contribution in [2.75, 3.05) is 19.8 Å². The summed E-state index contributed by atoms with van der Waals surface area (Å²) < 4.78 is 11.1. The molecule has 102 valence electrons. The van der Waals surface area contributed by atoms with Gasteiger partial charge in [0.15, 0.2) is 0 Å². The molecule has 3 fully saturated rings. The van der Waals surface area contributed by atoms with Crippen LogP contribution in [0.15, 0.2) is 0 Å². The second kappa shape index (κ2) is 4.82. The van der Waals surface area contributed by atoms with Gasteiger partial charge in [0, 0.05) is 19.8 Å². The largest absolute Gasteiger partial charge is 0.481 e. The first-order valence-corrected chi connectivity index (χ1v) is 7.15. The first-order valence-electron chi connectivity index (χ1n) is 7.15. The third kappa shape index (κ3) is 2.16. The van der Waals surface area contributed by atoms with Crippen molar-refractivity contribution in [3.63, 3.8) is 0 Å². The van der Waals surface area contributed by atoms with Crippen LogP contribution in [0.2, 0.25) is 0 Å². The summed E-state index contributed by atoms with van der Waals surface area (Å²) in [5, 5.41) is 9.73. The Balaban J connectivity index is 1.75. The van der Waals surface area contributed by atoms with Crippen molar-refractivity contribution >= 4 is 5.97 Å². The maximum Gasteiger partial charge on any atom is 0.312 e. The molecular formula is C14H22O4. The van der Waals surface area contributed by atoms with Gasteiger partial charge in [-0.15, -0.1) is 0 Å². The maximum absolute atomic E-state index is 11.8. The van der Waals surface area contributed by atoms with Gasteiger partial charge in [0.1, 0.15) is 0 Å². The number of aliphatic carboxylic acids is 1. The van der Waals surface area contributed by atoms with Crippen LogP contribution in [-0.2, 0) is 14.3 Å². The number of ether oxygens (including phenoxy) is 2. The molecule has 4 heteroatoms. The van der Waals surface area contributed by atoms with Crippen LogP contribution in [0.5, 0.6) is 0 Å². The molecule has 1 N–H and O–H groups in total. The average molecular weight is 254 g/mol. The predicted octanol–water partition coefficient (Wildman–Crippen LogP) is 2.07. The van der Waals surface area contributed by atoms with Crippen molar-refractivity contribution in [2.45, 2.75) is 44.6 Å². The molecule has 0 spiro atoms. The van der Waals surface area contributed by atoms with Crippen LogP contribution in [0.25, 0.3) is 0 Å². The molecule has 1 saturated carbocycles. The highest BCUT2D eigenvalue weighted by Crippen LogP contribution is 2.51. The second-order valence-electron chi connectivity index (χ2n) is 6.10. The van der Waals surface area contributed by atoms with Gasteiger partial charge in [0.05, 0.1) is 11.5 Å². The zero-order chi connectivity index (χ0) is 12.6. The van der Waals surface area contributed by atoms with Gasteiger partial charge in [-0.3, -0.25) is 4.79 Å². The second-order valence-corrected chi connectivity index (χ2v) is 6.10. The van der Waals surface area contributed by atoms with Crippen LogP contribution >= 0.6 is 0 Å². The fraction of sp³-hybridized carbons (Fsp3) is 0.929. The molecule has 2 heterocycles. The summed E-state index contributed by atoms with van der Waals surface area (Å²) >= 11 is 0. The number of hydrogen-bond donors (Lipinski definition) is 1. The Kier molecular flexibility index (Phi) is 3.32. The molecule has 2 atom stereocenters. The quantitative estimate of drug-likeness (QED) is 0.834. The van der Waals surface area contributed by atoms with Crippen LogP contribution < -0.4 is 0 Å². The highest BCUT2D eigenvalue weighted by Gasteiger charge is 2.56. The summed E-state index contributed by atoms with van der Waals surface area (Å²) in [6.07, 6.45) is 5.76. The number of carboxylic acids is 1. The molecular weight excluding hydrogens is 232 g/mol. The molecule has 0 amide bonds. The van der Waals surface area contributed by atoms with E-state index in [0.717, 1.165) is 45.3 Å². The summed E-state index contributed by atoms with van der Waals surface area (Å²) in [5.41, 5.74) is -0.608. The van der Waals surface area contributed by atoms with Crippen LogP contribution in [-0.4, -0.2) is 37.0 Å². The molecule has 3 rings (SSSR count). The third-order valence-electron chi connectivity index (χ3n) is 4.86. The van der Waals surface area contributed by atoms with Crippen LogP contribution in [0.3, 0.4) is 0 Å². The number of carbonyl (C=O) groups is 1. The standard InChI is InChI=1S/C14H22O4/c15-13(16)14(9-10-3-6-17-7-4-10)5-8-18-12(14)11-1-2-11/h10-12H,1-9H2,(H,15,16). The summed E-state index contributed by atoms with van der Waals surface area (Å²) in [7, 11) is 0. The van der Waals surface area contributed by atoms with E-state index in [4.69, 9.17) is 9.47 Å². The molecule has 0 bridgehead atoms. The van der Waals surface area contributed by atoms with Gasteiger partial charge in [-0.1, -0.05) is 0 Å². The first-order chi connectivity index (χ1) is 8.72. The molecule has 18 heavy (non-hydrogen) atoms. The summed E-state index contributed by atoms with van der Waals surface area (Å²) in [6.45, 7) is 2.20. The van der Waals surface area contributed by atoms with E-state index < -0.39 is 11.4 Å². The minimum Gasteiger partial charge on any atom is -0.481 e. The predicted molar refractivity (Wildman–Crippen MR) is 65.3 cm³/mol. The van der Waals surface area contributed by atoms with E-state index in [2.05, 4.69) is 0 Å². The maximum atomic E-state index is 11.8. The lowest BCUT2D eigenvalue weighted by molar-refractivity contribution is -0.155. The zero-order valence-corrected chi connectivity index (χ0v) is 10.8. The van der Waals surface area contributed by atoms with Crippen molar-refractivity contribution < 1.29 is 19.4 Å². The Morgan fingerprint density at radius 2 is 1.89 bits per heavy atom. The van der Waals surface area contributed by atoms with Gasteiger partial charge in [-0.25, -0.2) is 0 Å². The zero-order valence-electron chi connectivity index (χ0n) is 10.8. The van der Waals surface area contributed by atoms with E-state index in [1.807, 2.05) is 0 Å². The Morgan fingerprint density at radius 1 is 1.17 bits per heavy atom. The van der Waals surface area contributed by atoms with Crippen molar-refractivity contribution in [1.82, 2.24) is 0 Å². The lowest BCUT2D eigenvalue weighted by Crippen LogP contribution is -2.42. The van der Waals surface area contributed by atoms with E-state index in [1.165, 1.54) is 0 Å². The van der Waals surface area contributed by atoms with E-state index in [0.29, 0.717) is 24.9 Å².